The van der Waals surface area contributed by atoms with E-state index in [0.717, 1.165) is 61.4 Å². The fourth-order valence-corrected chi connectivity index (χ4v) is 3.42. The Kier molecular flexibility index (Phi) is 12.2. The minimum Gasteiger partial charge on any atom is -0.494 e. The molecule has 0 amide bonds. The summed E-state index contributed by atoms with van der Waals surface area (Å²) < 4.78 is 17.2. The molecule has 0 unspecified atom stereocenters. The lowest BCUT2D eigenvalue weighted by atomic mass is 10.2. The number of halogens is 1. The molecule has 0 bridgehead atoms. The van der Waals surface area contributed by atoms with Gasteiger partial charge in [0.15, 0.2) is 5.96 Å². The van der Waals surface area contributed by atoms with Gasteiger partial charge in [-0.25, -0.2) is 0 Å². The molecule has 3 rings (SSSR count). The van der Waals surface area contributed by atoms with Gasteiger partial charge in [-0.2, -0.15) is 0 Å². The minimum atomic E-state index is 0. The molecule has 1 saturated heterocycles. The summed E-state index contributed by atoms with van der Waals surface area (Å²) in [7, 11) is 1.77. The second-order valence-electron chi connectivity index (χ2n) is 7.23. The summed E-state index contributed by atoms with van der Waals surface area (Å²) >= 11 is 0. The molecule has 0 radical (unpaired) electrons. The van der Waals surface area contributed by atoms with Crippen molar-refractivity contribution in [3.05, 3.63) is 59.7 Å². The van der Waals surface area contributed by atoms with Gasteiger partial charge in [0.25, 0.3) is 0 Å². The summed E-state index contributed by atoms with van der Waals surface area (Å²) in [6.07, 6.45) is 0. The molecule has 1 fully saturated rings. The number of nitrogens with zero attached hydrogens (tertiary/aromatic N) is 2. The summed E-state index contributed by atoms with van der Waals surface area (Å²) in [5.41, 5.74) is 2.20. The van der Waals surface area contributed by atoms with Crippen LogP contribution in [0.1, 0.15) is 18.1 Å². The van der Waals surface area contributed by atoms with Crippen molar-refractivity contribution in [2.45, 2.75) is 20.0 Å². The van der Waals surface area contributed by atoms with Crippen LogP contribution in [0.4, 0.5) is 0 Å². The molecule has 0 aliphatic carbocycles. The van der Waals surface area contributed by atoms with Crippen LogP contribution in [0.2, 0.25) is 0 Å². The van der Waals surface area contributed by atoms with Crippen LogP contribution >= 0.6 is 24.0 Å². The van der Waals surface area contributed by atoms with Gasteiger partial charge in [-0.15, -0.1) is 24.0 Å². The zero-order chi connectivity index (χ0) is 21.7. The van der Waals surface area contributed by atoms with E-state index in [0.29, 0.717) is 26.3 Å². The van der Waals surface area contributed by atoms with Crippen LogP contribution in [0.3, 0.4) is 0 Å². The first kappa shape index (κ1) is 26.2. The maximum absolute atomic E-state index is 6.08. The van der Waals surface area contributed by atoms with Crippen molar-refractivity contribution in [3.63, 3.8) is 0 Å². The number of aliphatic imine (C=N–C) groups is 1. The van der Waals surface area contributed by atoms with Crippen LogP contribution in [0.15, 0.2) is 53.5 Å². The van der Waals surface area contributed by atoms with Crippen LogP contribution in [-0.2, 0) is 17.8 Å². The second-order valence-corrected chi connectivity index (χ2v) is 7.23. The first-order valence-corrected chi connectivity index (χ1v) is 11.0. The molecule has 2 N–H and O–H groups in total. The van der Waals surface area contributed by atoms with Crippen LogP contribution in [0, 0.1) is 0 Å². The molecule has 7 nitrogen and oxygen atoms in total. The molecule has 0 spiro atoms. The lowest BCUT2D eigenvalue weighted by Crippen LogP contribution is -2.38. The number of hydrogen-bond donors (Lipinski definition) is 2. The van der Waals surface area contributed by atoms with E-state index in [4.69, 9.17) is 14.2 Å². The predicted octanol–water partition coefficient (Wildman–Crippen LogP) is 3.28. The average Bonchev–Trinajstić information content (AvgIpc) is 2.82. The van der Waals surface area contributed by atoms with Crippen molar-refractivity contribution >= 4 is 29.9 Å². The quantitative estimate of drug-likeness (QED) is 0.267. The van der Waals surface area contributed by atoms with E-state index in [1.807, 2.05) is 43.3 Å². The summed E-state index contributed by atoms with van der Waals surface area (Å²) in [6, 6.07) is 16.2. The number of guanidine groups is 1. The number of rotatable bonds is 10. The topological polar surface area (TPSA) is 67.3 Å². The van der Waals surface area contributed by atoms with Gasteiger partial charge in [0.05, 0.1) is 19.8 Å². The van der Waals surface area contributed by atoms with Gasteiger partial charge >= 0.3 is 0 Å². The fraction of sp³-hybridized carbons (Fsp3) is 0.458. The van der Waals surface area contributed by atoms with Gasteiger partial charge in [0.2, 0.25) is 0 Å². The smallest absolute Gasteiger partial charge is 0.191 e. The highest BCUT2D eigenvalue weighted by molar-refractivity contribution is 14.0. The van der Waals surface area contributed by atoms with E-state index in [2.05, 4.69) is 32.7 Å². The van der Waals surface area contributed by atoms with Crippen molar-refractivity contribution < 1.29 is 14.2 Å². The molecule has 1 heterocycles. The molecule has 1 aliphatic heterocycles. The molecular formula is C24H35IN4O3. The molecule has 2 aromatic carbocycles. The van der Waals surface area contributed by atoms with E-state index in [9.17, 15) is 0 Å². The Labute approximate surface area is 208 Å². The zero-order valence-electron chi connectivity index (χ0n) is 19.0. The van der Waals surface area contributed by atoms with Crippen LogP contribution in [-0.4, -0.2) is 64.0 Å². The summed E-state index contributed by atoms with van der Waals surface area (Å²) in [5, 5.41) is 6.74. The molecule has 8 heteroatoms. The highest BCUT2D eigenvalue weighted by Gasteiger charge is 2.11. The molecule has 0 aromatic heterocycles. The van der Waals surface area contributed by atoms with Crippen LogP contribution < -0.4 is 20.1 Å². The SMILES string of the molecule is CCOc1ccccc1CNC(=NC)NCc1ccccc1OCCN1CCOCC1.I. The maximum Gasteiger partial charge on any atom is 0.191 e. The van der Waals surface area contributed by atoms with Crippen LogP contribution in [0.5, 0.6) is 11.5 Å². The zero-order valence-corrected chi connectivity index (χ0v) is 21.3. The van der Waals surface area contributed by atoms with Crippen molar-refractivity contribution in [2.24, 2.45) is 4.99 Å². The number of morpholine rings is 1. The molecule has 2 aromatic rings. The number of benzene rings is 2. The standard InChI is InChI=1S/C24H34N4O3.HI/c1-3-30-22-10-6-4-8-20(22)18-26-24(25-2)27-19-21-9-5-7-11-23(21)31-17-14-28-12-15-29-16-13-28;/h4-11H,3,12-19H2,1-2H3,(H2,25,26,27);1H. The molecule has 1 aliphatic rings. The van der Waals surface area contributed by atoms with Gasteiger partial charge in [0, 0.05) is 50.9 Å². The Balaban J connectivity index is 0.00000363. The molecule has 176 valence electrons. The van der Waals surface area contributed by atoms with Crippen molar-refractivity contribution in [2.75, 3.05) is 53.1 Å². The summed E-state index contributed by atoms with van der Waals surface area (Å²) in [5.74, 6) is 2.53. The average molecular weight is 554 g/mol. The maximum atomic E-state index is 6.08. The summed E-state index contributed by atoms with van der Waals surface area (Å²) in [4.78, 5) is 6.71. The highest BCUT2D eigenvalue weighted by Crippen LogP contribution is 2.19. The van der Waals surface area contributed by atoms with E-state index in [1.165, 1.54) is 0 Å². The highest BCUT2D eigenvalue weighted by atomic mass is 127. The van der Waals surface area contributed by atoms with Crippen molar-refractivity contribution in [1.82, 2.24) is 15.5 Å². The lowest BCUT2D eigenvalue weighted by molar-refractivity contribution is 0.0322. The Morgan fingerprint density at radius 2 is 1.50 bits per heavy atom. The minimum absolute atomic E-state index is 0. The van der Waals surface area contributed by atoms with Gasteiger partial charge in [-0.05, 0) is 19.1 Å². The Bertz CT molecular complexity index is 828. The van der Waals surface area contributed by atoms with Gasteiger partial charge < -0.3 is 24.8 Å². The van der Waals surface area contributed by atoms with E-state index in [1.54, 1.807) is 7.05 Å². The molecule has 32 heavy (non-hydrogen) atoms. The number of hydrogen-bond acceptors (Lipinski definition) is 5. The number of nitrogens with one attached hydrogen (secondary N) is 2. The monoisotopic (exact) mass is 554 g/mol. The first-order chi connectivity index (χ1) is 15.3. The molecule has 0 atom stereocenters. The fourth-order valence-electron chi connectivity index (χ4n) is 3.42. The second kappa shape index (κ2) is 14.9. The molecule has 0 saturated carbocycles. The number of ether oxygens (including phenoxy) is 3. The predicted molar refractivity (Wildman–Crippen MR) is 139 cm³/mol. The first-order valence-electron chi connectivity index (χ1n) is 11.0. The van der Waals surface area contributed by atoms with Crippen molar-refractivity contribution in [1.29, 1.82) is 0 Å². The Morgan fingerprint density at radius 3 is 2.06 bits per heavy atom. The normalized spacial score (nSPS) is 14.4. The van der Waals surface area contributed by atoms with E-state index < -0.39 is 0 Å². The third-order valence-corrected chi connectivity index (χ3v) is 5.13. The van der Waals surface area contributed by atoms with E-state index in [-0.39, 0.29) is 24.0 Å². The lowest BCUT2D eigenvalue weighted by Gasteiger charge is -2.26. The van der Waals surface area contributed by atoms with Crippen molar-refractivity contribution in [3.8, 4) is 11.5 Å². The largest absolute Gasteiger partial charge is 0.494 e. The van der Waals surface area contributed by atoms with Gasteiger partial charge in [0.1, 0.15) is 18.1 Å². The third-order valence-electron chi connectivity index (χ3n) is 5.13. The van der Waals surface area contributed by atoms with E-state index >= 15 is 0 Å². The third kappa shape index (κ3) is 8.48. The summed E-state index contributed by atoms with van der Waals surface area (Å²) in [6.45, 7) is 9.03. The number of para-hydroxylation sites is 2. The molecular weight excluding hydrogens is 519 g/mol. The van der Waals surface area contributed by atoms with Gasteiger partial charge in [-0.1, -0.05) is 36.4 Å². The van der Waals surface area contributed by atoms with Crippen LogP contribution in [0.25, 0.3) is 0 Å². The Hall–Kier alpha value is -2.04. The Morgan fingerprint density at radius 1 is 0.938 bits per heavy atom. The van der Waals surface area contributed by atoms with Gasteiger partial charge in [-0.3, -0.25) is 9.89 Å².